The SMILES string of the molecule is COC(C)COC(=O)[C@H](C)N=[P+]([O-])Oc1ccccc1. The van der Waals surface area contributed by atoms with Gasteiger partial charge < -0.3 is 14.4 Å². The third kappa shape index (κ3) is 6.10. The molecule has 0 aliphatic rings. The quantitative estimate of drug-likeness (QED) is 0.567. The molecule has 0 radical (unpaired) electrons. The van der Waals surface area contributed by atoms with E-state index >= 15 is 0 Å². The van der Waals surface area contributed by atoms with Crippen molar-refractivity contribution >= 4 is 14.1 Å². The van der Waals surface area contributed by atoms with Crippen LogP contribution in [0, 0.1) is 0 Å². The number of hydrogen-bond donors (Lipinski definition) is 0. The van der Waals surface area contributed by atoms with Gasteiger partial charge in [0.05, 0.1) is 6.10 Å². The van der Waals surface area contributed by atoms with Gasteiger partial charge in [-0.25, -0.2) is 4.79 Å². The van der Waals surface area contributed by atoms with Crippen molar-refractivity contribution in [2.24, 2.45) is 4.74 Å². The molecule has 7 heteroatoms. The molecule has 6 nitrogen and oxygen atoms in total. The zero-order chi connectivity index (χ0) is 15.0. The number of nitrogens with zero attached hydrogens (tertiary/aromatic N) is 1. The number of methoxy groups -OCH3 is 1. The molecular weight excluding hydrogens is 281 g/mol. The first kappa shape index (κ1) is 16.6. The van der Waals surface area contributed by atoms with Crippen molar-refractivity contribution in [3.05, 3.63) is 30.3 Å². The van der Waals surface area contributed by atoms with Crippen LogP contribution in [0.5, 0.6) is 5.75 Å². The van der Waals surface area contributed by atoms with E-state index in [1.165, 1.54) is 14.0 Å². The molecule has 0 aromatic heterocycles. The molecule has 1 aromatic carbocycles. The predicted molar refractivity (Wildman–Crippen MR) is 73.3 cm³/mol. The van der Waals surface area contributed by atoms with Gasteiger partial charge in [0.2, 0.25) is 0 Å². The molecule has 0 saturated carbocycles. The van der Waals surface area contributed by atoms with E-state index in [4.69, 9.17) is 14.0 Å². The Hall–Kier alpha value is -1.49. The Bertz CT molecular complexity index is 451. The summed E-state index contributed by atoms with van der Waals surface area (Å²) in [6.45, 7) is 3.40. The number of hydrogen-bond acceptors (Lipinski definition) is 6. The number of ether oxygens (including phenoxy) is 2. The monoisotopic (exact) mass is 299 g/mol. The number of benzene rings is 1. The van der Waals surface area contributed by atoms with Crippen LogP contribution in [-0.2, 0) is 14.3 Å². The molecule has 110 valence electrons. The summed E-state index contributed by atoms with van der Waals surface area (Å²) in [4.78, 5) is 23.2. The fraction of sp³-hybridized carbons (Fsp3) is 0.462. The minimum Gasteiger partial charge on any atom is -0.575 e. The Morgan fingerprint density at radius 3 is 2.60 bits per heavy atom. The van der Waals surface area contributed by atoms with Crippen LogP contribution in [0.2, 0.25) is 0 Å². The Labute approximate surface area is 119 Å². The molecule has 0 saturated heterocycles. The van der Waals surface area contributed by atoms with Crippen LogP contribution in [0.1, 0.15) is 13.8 Å². The molecule has 1 rings (SSSR count). The summed E-state index contributed by atoms with van der Waals surface area (Å²) in [7, 11) is -0.791. The lowest BCUT2D eigenvalue weighted by Gasteiger charge is -2.10. The maximum atomic E-state index is 11.6. The van der Waals surface area contributed by atoms with E-state index in [2.05, 4.69) is 4.74 Å². The summed E-state index contributed by atoms with van der Waals surface area (Å²) in [6.07, 6.45) is -0.194. The summed E-state index contributed by atoms with van der Waals surface area (Å²) in [6, 6.07) is 7.78. The number of para-hydroxylation sites is 1. The first-order valence-electron chi connectivity index (χ1n) is 6.13. The summed E-state index contributed by atoms with van der Waals surface area (Å²) in [5.41, 5.74) is 0. The first-order chi connectivity index (χ1) is 9.52. The van der Waals surface area contributed by atoms with Crippen molar-refractivity contribution in [2.75, 3.05) is 13.7 Å². The fourth-order valence-electron chi connectivity index (χ4n) is 1.17. The maximum Gasteiger partial charge on any atom is 0.395 e. The Morgan fingerprint density at radius 1 is 1.35 bits per heavy atom. The summed E-state index contributed by atoms with van der Waals surface area (Å²) in [5, 5.41) is 0. The highest BCUT2D eigenvalue weighted by atomic mass is 31.1. The lowest BCUT2D eigenvalue weighted by atomic mass is 10.3. The van der Waals surface area contributed by atoms with Gasteiger partial charge in [0.15, 0.2) is 11.8 Å². The van der Waals surface area contributed by atoms with E-state index in [-0.39, 0.29) is 12.7 Å². The Kier molecular flexibility index (Phi) is 7.15. The number of rotatable bonds is 7. The smallest absolute Gasteiger partial charge is 0.395 e. The van der Waals surface area contributed by atoms with Gasteiger partial charge in [-0.1, -0.05) is 22.9 Å². The minimum atomic E-state index is -2.32. The molecular formula is C13H18NO5P. The van der Waals surface area contributed by atoms with Gasteiger partial charge in [-0.15, -0.1) is 0 Å². The second-order valence-electron chi connectivity index (χ2n) is 4.11. The third-order valence-electron chi connectivity index (χ3n) is 2.40. The predicted octanol–water partition coefficient (Wildman–Crippen LogP) is 1.89. The van der Waals surface area contributed by atoms with Crippen LogP contribution < -0.4 is 9.42 Å². The van der Waals surface area contributed by atoms with Gasteiger partial charge >= 0.3 is 14.1 Å². The molecule has 0 N–H and O–H groups in total. The zero-order valence-electron chi connectivity index (χ0n) is 11.7. The van der Waals surface area contributed by atoms with E-state index < -0.39 is 20.2 Å². The number of carbonyl (C=O) groups is 1. The molecule has 0 fully saturated rings. The molecule has 1 aromatic rings. The van der Waals surface area contributed by atoms with Crippen molar-refractivity contribution in [1.29, 1.82) is 0 Å². The Balaban J connectivity index is 2.48. The molecule has 0 aliphatic heterocycles. The molecule has 0 heterocycles. The van der Waals surface area contributed by atoms with E-state index in [9.17, 15) is 9.69 Å². The number of carbonyl (C=O) groups excluding carboxylic acids is 1. The van der Waals surface area contributed by atoms with Gasteiger partial charge in [0, 0.05) is 7.11 Å². The highest BCUT2D eigenvalue weighted by Crippen LogP contribution is 2.23. The normalized spacial score (nSPS) is 14.5. The molecule has 0 bridgehead atoms. The lowest BCUT2D eigenvalue weighted by molar-refractivity contribution is -0.169. The minimum absolute atomic E-state index is 0.130. The van der Waals surface area contributed by atoms with Crippen molar-refractivity contribution in [3.8, 4) is 5.75 Å². The first-order valence-corrected chi connectivity index (χ1v) is 7.26. The van der Waals surface area contributed by atoms with Gasteiger partial charge in [-0.05, 0) is 26.0 Å². The average molecular weight is 299 g/mol. The average Bonchev–Trinajstić information content (AvgIpc) is 2.45. The molecule has 20 heavy (non-hydrogen) atoms. The fourth-order valence-corrected chi connectivity index (χ4v) is 1.90. The Morgan fingerprint density at radius 2 is 2.00 bits per heavy atom. The summed E-state index contributed by atoms with van der Waals surface area (Å²) in [5.74, 6) is -0.125. The lowest BCUT2D eigenvalue weighted by Crippen LogP contribution is -2.23. The zero-order valence-corrected chi connectivity index (χ0v) is 12.6. The topological polar surface area (TPSA) is 80.2 Å². The second-order valence-corrected chi connectivity index (χ2v) is 5.00. The molecule has 2 unspecified atom stereocenters. The van der Waals surface area contributed by atoms with E-state index in [0.29, 0.717) is 5.75 Å². The molecule has 0 amide bonds. The molecule has 0 spiro atoms. The van der Waals surface area contributed by atoms with Crippen molar-refractivity contribution in [1.82, 2.24) is 0 Å². The van der Waals surface area contributed by atoms with Crippen LogP contribution >= 0.6 is 8.17 Å². The summed E-state index contributed by atoms with van der Waals surface area (Å²) >= 11 is 0. The summed E-state index contributed by atoms with van der Waals surface area (Å²) < 4.78 is 18.8. The van der Waals surface area contributed by atoms with Crippen LogP contribution in [0.15, 0.2) is 35.1 Å². The van der Waals surface area contributed by atoms with Crippen LogP contribution in [0.25, 0.3) is 0 Å². The second kappa shape index (κ2) is 8.64. The van der Waals surface area contributed by atoms with E-state index in [0.717, 1.165) is 0 Å². The van der Waals surface area contributed by atoms with Gasteiger partial charge in [-0.3, -0.25) is 4.52 Å². The van der Waals surface area contributed by atoms with Crippen LogP contribution in [0.3, 0.4) is 0 Å². The van der Waals surface area contributed by atoms with E-state index in [1.807, 2.05) is 6.07 Å². The van der Waals surface area contributed by atoms with Crippen LogP contribution in [0.4, 0.5) is 0 Å². The maximum absolute atomic E-state index is 11.6. The van der Waals surface area contributed by atoms with Crippen molar-refractivity contribution < 1.29 is 23.7 Å². The van der Waals surface area contributed by atoms with Gasteiger partial charge in [0.1, 0.15) is 6.61 Å². The third-order valence-corrected chi connectivity index (χ3v) is 3.30. The highest BCUT2D eigenvalue weighted by Gasteiger charge is 2.19. The molecule has 3 atom stereocenters. The van der Waals surface area contributed by atoms with Crippen LogP contribution in [-0.4, -0.2) is 31.8 Å². The number of esters is 1. The van der Waals surface area contributed by atoms with Gasteiger partial charge in [0.25, 0.3) is 0 Å². The van der Waals surface area contributed by atoms with E-state index in [1.54, 1.807) is 31.2 Å². The van der Waals surface area contributed by atoms with Crippen molar-refractivity contribution in [2.45, 2.75) is 26.0 Å². The van der Waals surface area contributed by atoms with Crippen molar-refractivity contribution in [3.63, 3.8) is 0 Å². The van der Waals surface area contributed by atoms with Gasteiger partial charge in [-0.2, -0.15) is 0 Å². The highest BCUT2D eigenvalue weighted by molar-refractivity contribution is 7.34. The standard InChI is InChI=1S/C13H18NO5P/c1-10(17-3)9-18-13(15)11(2)14-20(16)19-12-7-5-4-6-8-12/h4-8,10-11H,9H2,1-3H3/t10?,11-/m0/s1. The largest absolute Gasteiger partial charge is 0.575 e. The molecule has 0 aliphatic carbocycles.